The number of esters is 1. The van der Waals surface area contributed by atoms with E-state index in [4.69, 9.17) is 16.3 Å². The predicted molar refractivity (Wildman–Crippen MR) is 110 cm³/mol. The number of hydrogen-bond acceptors (Lipinski definition) is 5. The van der Waals surface area contributed by atoms with Crippen LogP contribution in [0.2, 0.25) is 5.02 Å². The second-order valence-corrected chi connectivity index (χ2v) is 7.64. The van der Waals surface area contributed by atoms with E-state index in [2.05, 4.69) is 20.9 Å². The molecule has 3 aromatic rings. The average molecular weight is 495 g/mol. The maximum absolute atomic E-state index is 13.2. The number of aromatic nitrogens is 1. The van der Waals surface area contributed by atoms with Crippen molar-refractivity contribution in [3.8, 4) is 0 Å². The van der Waals surface area contributed by atoms with E-state index in [1.807, 2.05) is 0 Å². The van der Waals surface area contributed by atoms with Crippen LogP contribution in [0.5, 0.6) is 0 Å². The molecule has 0 unspecified atom stereocenters. The van der Waals surface area contributed by atoms with Crippen LogP contribution in [0.25, 0.3) is 10.9 Å². The lowest BCUT2D eigenvalue weighted by Gasteiger charge is -2.25. The van der Waals surface area contributed by atoms with Gasteiger partial charge in [0, 0.05) is 32.9 Å². The van der Waals surface area contributed by atoms with Gasteiger partial charge in [-0.3, -0.25) is 9.59 Å². The fraction of sp³-hybridized carbons (Fsp3) is 0.100. The lowest BCUT2D eigenvalue weighted by Crippen LogP contribution is -2.48. The van der Waals surface area contributed by atoms with E-state index in [-0.39, 0.29) is 27.2 Å². The van der Waals surface area contributed by atoms with Crippen LogP contribution in [0, 0.1) is 0 Å². The van der Waals surface area contributed by atoms with Crippen LogP contribution in [0.3, 0.4) is 0 Å². The number of benzene rings is 2. The molecule has 8 nitrogen and oxygen atoms in total. The molecule has 0 aliphatic carbocycles. The minimum Gasteiger partial charge on any atom is -0.478 e. The molecule has 0 aliphatic rings. The smallest absolute Gasteiger partial charge is 0.365 e. The summed E-state index contributed by atoms with van der Waals surface area (Å²) in [6.07, 6.45) is 0. The number of carboxylic acids is 2. The zero-order valence-electron chi connectivity index (χ0n) is 15.2. The Balaban J connectivity index is 2.43. The van der Waals surface area contributed by atoms with E-state index in [0.29, 0.717) is 4.47 Å². The van der Waals surface area contributed by atoms with Gasteiger partial charge in [-0.15, -0.1) is 0 Å². The number of H-pyrrole nitrogens is 1. The molecule has 0 atom stereocenters. The minimum absolute atomic E-state index is 0.0591. The number of aromatic amines is 1. The first-order chi connectivity index (χ1) is 14.1. The summed E-state index contributed by atoms with van der Waals surface area (Å²) in [4.78, 5) is 52.0. The first-order valence-corrected chi connectivity index (χ1v) is 9.53. The van der Waals surface area contributed by atoms with E-state index in [1.54, 1.807) is 12.1 Å². The molecule has 3 N–H and O–H groups in total. The Labute approximate surface area is 182 Å². The van der Waals surface area contributed by atoms with E-state index >= 15 is 0 Å². The lowest BCUT2D eigenvalue weighted by molar-refractivity contribution is -0.191. The summed E-state index contributed by atoms with van der Waals surface area (Å²) < 4.78 is 5.42. The highest BCUT2D eigenvalue weighted by molar-refractivity contribution is 9.10. The van der Waals surface area contributed by atoms with Crippen LogP contribution < -0.4 is 0 Å². The van der Waals surface area contributed by atoms with Gasteiger partial charge in [-0.25, -0.2) is 9.59 Å². The van der Waals surface area contributed by atoms with Gasteiger partial charge < -0.3 is 19.9 Å². The molecule has 0 aliphatic heterocycles. The molecule has 30 heavy (non-hydrogen) atoms. The van der Waals surface area contributed by atoms with Crippen molar-refractivity contribution < 1.29 is 34.1 Å². The van der Waals surface area contributed by atoms with Crippen LogP contribution in [0.4, 0.5) is 0 Å². The van der Waals surface area contributed by atoms with Crippen molar-refractivity contribution in [1.29, 1.82) is 0 Å². The van der Waals surface area contributed by atoms with Gasteiger partial charge >= 0.3 is 23.5 Å². The number of fused-ring (bicyclic) bond motifs is 1. The zero-order chi connectivity index (χ0) is 22.2. The normalized spacial score (nSPS) is 11.3. The summed E-state index contributed by atoms with van der Waals surface area (Å²) in [7, 11) is 0. The molecule has 0 amide bonds. The number of rotatable bonds is 6. The number of ketones is 1. The molecular formula is C20H13BrClNO7. The molecule has 0 bridgehead atoms. The Morgan fingerprint density at radius 1 is 1.07 bits per heavy atom. The molecule has 0 saturated heterocycles. The number of halogens is 2. The van der Waals surface area contributed by atoms with Crippen molar-refractivity contribution in [2.75, 3.05) is 0 Å². The van der Waals surface area contributed by atoms with Gasteiger partial charge in [0.05, 0.1) is 11.3 Å². The van der Waals surface area contributed by atoms with Gasteiger partial charge in [0.15, 0.2) is 0 Å². The summed E-state index contributed by atoms with van der Waals surface area (Å²) in [6, 6.07) is 10.4. The molecular weight excluding hydrogens is 482 g/mol. The predicted octanol–water partition coefficient (Wildman–Crippen LogP) is 3.74. The second-order valence-electron chi connectivity index (χ2n) is 6.29. The third-order valence-electron chi connectivity index (χ3n) is 4.33. The topological polar surface area (TPSA) is 134 Å². The molecule has 1 heterocycles. The Kier molecular flexibility index (Phi) is 5.69. The number of carbonyl (C=O) groups excluding carboxylic acids is 2. The van der Waals surface area contributed by atoms with E-state index in [0.717, 1.165) is 6.92 Å². The van der Waals surface area contributed by atoms with E-state index in [9.17, 15) is 29.4 Å². The third-order valence-corrected chi connectivity index (χ3v) is 5.05. The van der Waals surface area contributed by atoms with Gasteiger partial charge in [0.2, 0.25) is 5.78 Å². The maximum atomic E-state index is 13.2. The SMILES string of the molecule is CC(=O)OC(C(=O)O)(C(=O)O)c1c(C(=O)c2cccc(Br)c2)[nH]c2cc(Cl)ccc12. The first-order valence-electron chi connectivity index (χ1n) is 8.36. The van der Waals surface area contributed by atoms with Crippen molar-refractivity contribution in [2.45, 2.75) is 12.5 Å². The molecule has 10 heteroatoms. The highest BCUT2D eigenvalue weighted by atomic mass is 79.9. The maximum Gasteiger partial charge on any atom is 0.365 e. The van der Waals surface area contributed by atoms with Crippen molar-refractivity contribution in [3.63, 3.8) is 0 Å². The van der Waals surface area contributed by atoms with E-state index in [1.165, 1.54) is 30.3 Å². The fourth-order valence-electron chi connectivity index (χ4n) is 3.14. The summed E-state index contributed by atoms with van der Waals surface area (Å²) >= 11 is 9.24. The highest BCUT2D eigenvalue weighted by Gasteiger charge is 2.56. The monoisotopic (exact) mass is 493 g/mol. The molecule has 154 valence electrons. The highest BCUT2D eigenvalue weighted by Crippen LogP contribution is 2.38. The number of carbonyl (C=O) groups is 4. The lowest BCUT2D eigenvalue weighted by atomic mass is 9.88. The van der Waals surface area contributed by atoms with Crippen LogP contribution in [-0.4, -0.2) is 38.9 Å². The summed E-state index contributed by atoms with van der Waals surface area (Å²) in [6.45, 7) is 0.877. The average Bonchev–Trinajstić information content (AvgIpc) is 3.03. The van der Waals surface area contributed by atoms with Gasteiger partial charge in [-0.05, 0) is 24.3 Å². The van der Waals surface area contributed by atoms with Gasteiger partial charge in [0.25, 0.3) is 0 Å². The van der Waals surface area contributed by atoms with Crippen LogP contribution in [-0.2, 0) is 24.7 Å². The fourth-order valence-corrected chi connectivity index (χ4v) is 3.71. The van der Waals surface area contributed by atoms with Gasteiger partial charge in [-0.1, -0.05) is 45.7 Å². The van der Waals surface area contributed by atoms with Gasteiger partial charge in [0.1, 0.15) is 0 Å². The number of ether oxygens (including phenoxy) is 1. The molecule has 2 aromatic carbocycles. The molecule has 3 rings (SSSR count). The number of carboxylic acid groups (broad SMARTS) is 2. The molecule has 0 saturated carbocycles. The summed E-state index contributed by atoms with van der Waals surface area (Å²) in [5, 5.41) is 20.0. The molecule has 0 radical (unpaired) electrons. The summed E-state index contributed by atoms with van der Waals surface area (Å²) in [5.74, 6) is -5.78. The second kappa shape index (κ2) is 7.92. The van der Waals surface area contributed by atoms with Crippen LogP contribution in [0.1, 0.15) is 28.5 Å². The van der Waals surface area contributed by atoms with Gasteiger partial charge in [-0.2, -0.15) is 0 Å². The quantitative estimate of drug-likeness (QED) is 0.270. The molecule has 0 fully saturated rings. The Bertz CT molecular complexity index is 1200. The van der Waals surface area contributed by atoms with Crippen molar-refractivity contribution in [2.24, 2.45) is 0 Å². The third kappa shape index (κ3) is 3.57. The van der Waals surface area contributed by atoms with E-state index < -0.39 is 34.9 Å². The van der Waals surface area contributed by atoms with Crippen LogP contribution >= 0.6 is 27.5 Å². The first kappa shape index (κ1) is 21.5. The Morgan fingerprint density at radius 2 is 1.73 bits per heavy atom. The number of nitrogens with one attached hydrogen (secondary N) is 1. The minimum atomic E-state index is -3.16. The van der Waals surface area contributed by atoms with Crippen molar-refractivity contribution in [1.82, 2.24) is 4.98 Å². The van der Waals surface area contributed by atoms with Crippen LogP contribution in [0.15, 0.2) is 46.9 Å². The van der Waals surface area contributed by atoms with Crippen molar-refractivity contribution >= 4 is 62.1 Å². The number of aliphatic carboxylic acids is 2. The number of hydrogen-bond donors (Lipinski definition) is 3. The molecule has 0 spiro atoms. The largest absolute Gasteiger partial charge is 0.478 e. The Hall–Kier alpha value is -3.17. The standard InChI is InChI=1S/C20H13BrClNO7/c1-9(24)30-20(18(26)27,19(28)29)15-13-6-5-12(22)8-14(13)23-16(15)17(25)10-3-2-4-11(21)7-10/h2-8,23H,1H3,(H,26,27)(H,28,29). The van der Waals surface area contributed by atoms with Crippen molar-refractivity contribution in [3.05, 3.63) is 68.8 Å². The summed E-state index contributed by atoms with van der Waals surface area (Å²) in [5.41, 5.74) is -3.66. The Morgan fingerprint density at radius 3 is 2.30 bits per heavy atom. The molecule has 1 aromatic heterocycles. The zero-order valence-corrected chi connectivity index (χ0v) is 17.6.